The van der Waals surface area contributed by atoms with Crippen molar-refractivity contribution in [1.29, 1.82) is 0 Å². The molecular weight excluding hydrogens is 470 g/mol. The number of hydrogen-bond acceptors (Lipinski definition) is 7. The molecule has 0 spiro atoms. The standard InChI is InChI=1S/C28H41N5O4/c1-28(2,3)37-27(36)31-12-10-19(11-13-31)15-32-16-20-14-23(32)18-33(17-20)22-6-4-21(5-7-22)29-24-8-9-25(34)30-26(24)35/h4-7,19-20,23-24,29H,8-18H2,1-3H3,(H,30,34,35). The second-order valence-corrected chi connectivity index (χ2v) is 12.2. The third-order valence-electron chi connectivity index (χ3n) is 8.10. The van der Waals surface area contributed by atoms with E-state index in [1.54, 1.807) is 0 Å². The van der Waals surface area contributed by atoms with E-state index >= 15 is 0 Å². The number of imide groups is 1. The lowest BCUT2D eigenvalue weighted by Crippen LogP contribution is -2.47. The Morgan fingerprint density at radius 3 is 2.46 bits per heavy atom. The smallest absolute Gasteiger partial charge is 0.410 e. The molecule has 3 atom stereocenters. The molecular formula is C28H41N5O4. The fourth-order valence-electron chi connectivity index (χ4n) is 6.24. The molecule has 9 heteroatoms. The van der Waals surface area contributed by atoms with E-state index in [9.17, 15) is 14.4 Å². The number of fused-ring (bicyclic) bond motifs is 2. The molecule has 0 aromatic heterocycles. The first-order chi connectivity index (χ1) is 17.6. The van der Waals surface area contributed by atoms with Gasteiger partial charge in [0.2, 0.25) is 11.8 Å². The lowest BCUT2D eigenvalue weighted by molar-refractivity contribution is -0.133. The van der Waals surface area contributed by atoms with Gasteiger partial charge in [-0.25, -0.2) is 4.79 Å². The molecule has 3 unspecified atom stereocenters. The van der Waals surface area contributed by atoms with Gasteiger partial charge in [-0.1, -0.05) is 0 Å². The molecule has 0 saturated carbocycles. The Kier molecular flexibility index (Phi) is 7.34. The van der Waals surface area contributed by atoms with E-state index in [1.165, 1.54) is 12.1 Å². The number of piperidine rings is 3. The van der Waals surface area contributed by atoms with Gasteiger partial charge >= 0.3 is 6.09 Å². The van der Waals surface area contributed by atoms with Crippen LogP contribution in [0.4, 0.5) is 16.2 Å². The van der Waals surface area contributed by atoms with Crippen molar-refractivity contribution in [2.45, 2.75) is 70.6 Å². The Morgan fingerprint density at radius 1 is 1.05 bits per heavy atom. The molecule has 9 nitrogen and oxygen atoms in total. The number of ether oxygens (including phenoxy) is 1. The van der Waals surface area contributed by atoms with E-state index < -0.39 is 5.60 Å². The Labute approximate surface area is 219 Å². The lowest BCUT2D eigenvalue weighted by Gasteiger charge is -2.37. The molecule has 0 aliphatic carbocycles. The highest BCUT2D eigenvalue weighted by atomic mass is 16.6. The fraction of sp³-hybridized carbons (Fsp3) is 0.679. The molecule has 4 fully saturated rings. The van der Waals surface area contributed by atoms with Crippen LogP contribution in [0, 0.1) is 11.8 Å². The third-order valence-corrected chi connectivity index (χ3v) is 8.10. The van der Waals surface area contributed by atoms with Gasteiger partial charge in [0.15, 0.2) is 0 Å². The summed E-state index contributed by atoms with van der Waals surface area (Å²) in [5.74, 6) is 0.868. The van der Waals surface area contributed by atoms with E-state index in [2.05, 4.69) is 32.6 Å². The summed E-state index contributed by atoms with van der Waals surface area (Å²) in [5.41, 5.74) is 1.67. The molecule has 3 amide bonds. The summed E-state index contributed by atoms with van der Waals surface area (Å²) in [7, 11) is 0. The third kappa shape index (κ3) is 6.37. The van der Waals surface area contributed by atoms with Crippen LogP contribution in [-0.4, -0.2) is 84.7 Å². The zero-order valence-electron chi connectivity index (χ0n) is 22.4. The summed E-state index contributed by atoms with van der Waals surface area (Å²) in [6.07, 6.45) is 4.06. The summed E-state index contributed by atoms with van der Waals surface area (Å²) in [5, 5.41) is 5.66. The van der Waals surface area contributed by atoms with Crippen LogP contribution < -0.4 is 15.5 Å². The number of carbonyl (C=O) groups is 3. The van der Waals surface area contributed by atoms with Crippen LogP contribution in [0.25, 0.3) is 0 Å². The van der Waals surface area contributed by atoms with Crippen molar-refractivity contribution >= 4 is 29.3 Å². The van der Waals surface area contributed by atoms with Crippen LogP contribution in [0.2, 0.25) is 0 Å². The van der Waals surface area contributed by atoms with Gasteiger partial charge in [0, 0.05) is 63.1 Å². The quantitative estimate of drug-likeness (QED) is 0.587. The van der Waals surface area contributed by atoms with Gasteiger partial charge in [0.05, 0.1) is 0 Å². The van der Waals surface area contributed by atoms with Crippen LogP contribution in [-0.2, 0) is 14.3 Å². The zero-order chi connectivity index (χ0) is 26.2. The average molecular weight is 512 g/mol. The van der Waals surface area contributed by atoms with Gasteiger partial charge in [0.25, 0.3) is 0 Å². The molecule has 1 aromatic carbocycles. The lowest BCUT2D eigenvalue weighted by atomic mass is 9.96. The minimum atomic E-state index is -0.447. The first kappa shape index (κ1) is 25.8. The largest absolute Gasteiger partial charge is 0.444 e. The van der Waals surface area contributed by atoms with E-state index in [0.717, 1.165) is 57.8 Å². The normalized spacial score (nSPS) is 27.3. The van der Waals surface area contributed by atoms with Crippen molar-refractivity contribution in [3.05, 3.63) is 24.3 Å². The van der Waals surface area contributed by atoms with E-state index in [1.807, 2.05) is 37.8 Å². The molecule has 4 saturated heterocycles. The van der Waals surface area contributed by atoms with Crippen LogP contribution in [0.15, 0.2) is 24.3 Å². The number of likely N-dealkylation sites (tertiary alicyclic amines) is 2. The van der Waals surface area contributed by atoms with Crippen molar-refractivity contribution in [2.75, 3.05) is 49.5 Å². The van der Waals surface area contributed by atoms with Gasteiger partial charge in [0.1, 0.15) is 11.6 Å². The Balaban J connectivity index is 1.10. The Hall–Kier alpha value is -2.81. The molecule has 2 N–H and O–H groups in total. The van der Waals surface area contributed by atoms with Gasteiger partial charge in [-0.05, 0) is 82.6 Å². The van der Waals surface area contributed by atoms with E-state index in [0.29, 0.717) is 30.7 Å². The second-order valence-electron chi connectivity index (χ2n) is 12.2. The Morgan fingerprint density at radius 2 is 1.78 bits per heavy atom. The van der Waals surface area contributed by atoms with E-state index in [4.69, 9.17) is 4.74 Å². The summed E-state index contributed by atoms with van der Waals surface area (Å²) >= 11 is 0. The number of nitrogens with one attached hydrogen (secondary N) is 2. The summed E-state index contributed by atoms with van der Waals surface area (Å²) in [6, 6.07) is 8.55. The van der Waals surface area contributed by atoms with Crippen molar-refractivity contribution < 1.29 is 19.1 Å². The number of benzene rings is 1. The van der Waals surface area contributed by atoms with Gasteiger partial charge in [-0.2, -0.15) is 0 Å². The van der Waals surface area contributed by atoms with Crippen LogP contribution in [0.5, 0.6) is 0 Å². The second kappa shape index (κ2) is 10.5. The fourth-order valence-corrected chi connectivity index (χ4v) is 6.24. The molecule has 37 heavy (non-hydrogen) atoms. The number of anilines is 2. The first-order valence-corrected chi connectivity index (χ1v) is 13.8. The highest BCUT2D eigenvalue weighted by Crippen LogP contribution is 2.34. The maximum absolute atomic E-state index is 12.4. The van der Waals surface area contributed by atoms with E-state index in [-0.39, 0.29) is 23.9 Å². The van der Waals surface area contributed by atoms with Gasteiger partial charge in [-0.3, -0.25) is 19.8 Å². The first-order valence-electron chi connectivity index (χ1n) is 13.8. The number of carbonyl (C=O) groups excluding carboxylic acids is 3. The minimum Gasteiger partial charge on any atom is -0.444 e. The maximum atomic E-state index is 12.4. The van der Waals surface area contributed by atoms with Crippen LogP contribution in [0.3, 0.4) is 0 Å². The highest BCUT2D eigenvalue weighted by molar-refractivity contribution is 6.01. The maximum Gasteiger partial charge on any atom is 0.410 e. The average Bonchev–Trinajstić information content (AvgIpc) is 3.12. The SMILES string of the molecule is CC(C)(C)OC(=O)N1CCC(CN2CC3CC2CN(c2ccc(NC4CCC(=O)NC4=O)cc2)C3)CC1. The van der Waals surface area contributed by atoms with Crippen LogP contribution >= 0.6 is 0 Å². The number of hydrogen-bond donors (Lipinski definition) is 2. The number of amides is 3. The van der Waals surface area contributed by atoms with Gasteiger partial charge < -0.3 is 19.9 Å². The summed E-state index contributed by atoms with van der Waals surface area (Å²) in [4.78, 5) is 42.9. The van der Waals surface area contributed by atoms with Crippen LogP contribution in [0.1, 0.15) is 52.9 Å². The molecule has 5 rings (SSSR count). The summed E-state index contributed by atoms with van der Waals surface area (Å²) < 4.78 is 5.55. The molecule has 1 aromatic rings. The highest BCUT2D eigenvalue weighted by Gasteiger charge is 2.40. The molecule has 0 radical (unpaired) electrons. The number of nitrogens with zero attached hydrogens (tertiary/aromatic N) is 3. The van der Waals surface area contributed by atoms with Crippen molar-refractivity contribution in [2.24, 2.45) is 11.8 Å². The number of rotatable bonds is 5. The predicted octanol–water partition coefficient (Wildman–Crippen LogP) is 3.06. The van der Waals surface area contributed by atoms with Crippen molar-refractivity contribution in [1.82, 2.24) is 15.1 Å². The molecule has 2 bridgehead atoms. The summed E-state index contributed by atoms with van der Waals surface area (Å²) in [6.45, 7) is 11.7. The van der Waals surface area contributed by atoms with Crippen molar-refractivity contribution in [3.63, 3.8) is 0 Å². The topological polar surface area (TPSA) is 94.2 Å². The van der Waals surface area contributed by atoms with Gasteiger partial charge in [-0.15, -0.1) is 0 Å². The zero-order valence-corrected chi connectivity index (χ0v) is 22.4. The Bertz CT molecular complexity index is 999. The van der Waals surface area contributed by atoms with Crippen molar-refractivity contribution in [3.8, 4) is 0 Å². The molecule has 4 aliphatic heterocycles. The molecule has 4 heterocycles. The minimum absolute atomic E-state index is 0.183. The molecule has 4 aliphatic rings. The molecule has 202 valence electrons. The monoisotopic (exact) mass is 511 g/mol. The predicted molar refractivity (Wildman–Crippen MR) is 142 cm³/mol.